The van der Waals surface area contributed by atoms with Crippen molar-refractivity contribution in [2.45, 2.75) is 26.5 Å². The van der Waals surface area contributed by atoms with E-state index in [4.69, 9.17) is 14.9 Å². The average molecular weight is 246 g/mol. The van der Waals surface area contributed by atoms with Gasteiger partial charge in [0.1, 0.15) is 11.5 Å². The van der Waals surface area contributed by atoms with Crippen molar-refractivity contribution in [1.29, 1.82) is 0 Å². The van der Waals surface area contributed by atoms with Crippen molar-refractivity contribution in [2.75, 3.05) is 11.1 Å². The number of rotatable bonds is 5. The maximum absolute atomic E-state index is 6.05. The Bertz CT molecular complexity index is 493. The van der Waals surface area contributed by atoms with Gasteiger partial charge in [-0.3, -0.25) is 0 Å². The van der Waals surface area contributed by atoms with Gasteiger partial charge in [0.15, 0.2) is 0 Å². The molecule has 2 aromatic rings. The zero-order valence-corrected chi connectivity index (χ0v) is 10.6. The smallest absolute Gasteiger partial charge is 0.144 e. The third-order valence-electron chi connectivity index (χ3n) is 2.46. The molecule has 4 heteroatoms. The highest BCUT2D eigenvalue weighted by molar-refractivity contribution is 5.72. The fourth-order valence-electron chi connectivity index (χ4n) is 1.65. The lowest BCUT2D eigenvalue weighted by Gasteiger charge is -2.15. The Hall–Kier alpha value is -2.10. The molecule has 0 aliphatic carbocycles. The summed E-state index contributed by atoms with van der Waals surface area (Å²) in [5, 5.41) is 3.23. The molecule has 0 unspecified atom stereocenters. The van der Waals surface area contributed by atoms with Crippen molar-refractivity contribution in [3.63, 3.8) is 0 Å². The molecule has 4 nitrogen and oxygen atoms in total. The predicted octanol–water partition coefficient (Wildman–Crippen LogP) is 3.26. The van der Waals surface area contributed by atoms with Crippen molar-refractivity contribution < 1.29 is 9.15 Å². The Morgan fingerprint density at radius 3 is 2.78 bits per heavy atom. The van der Waals surface area contributed by atoms with E-state index in [2.05, 4.69) is 5.32 Å². The van der Waals surface area contributed by atoms with E-state index in [1.54, 1.807) is 6.26 Å². The van der Waals surface area contributed by atoms with Crippen LogP contribution >= 0.6 is 0 Å². The van der Waals surface area contributed by atoms with E-state index in [-0.39, 0.29) is 6.10 Å². The quantitative estimate of drug-likeness (QED) is 0.795. The second-order valence-electron chi connectivity index (χ2n) is 4.32. The number of nitrogens with one attached hydrogen (secondary N) is 1. The van der Waals surface area contributed by atoms with Crippen molar-refractivity contribution in [2.24, 2.45) is 0 Å². The first-order chi connectivity index (χ1) is 8.66. The monoisotopic (exact) mass is 246 g/mol. The van der Waals surface area contributed by atoms with Crippen LogP contribution in [0.2, 0.25) is 0 Å². The number of para-hydroxylation sites is 1. The molecule has 0 saturated carbocycles. The molecule has 96 valence electrons. The van der Waals surface area contributed by atoms with Crippen LogP contribution in [0.1, 0.15) is 19.6 Å². The molecule has 3 N–H and O–H groups in total. The van der Waals surface area contributed by atoms with E-state index in [9.17, 15) is 0 Å². The molecule has 1 heterocycles. The summed E-state index contributed by atoms with van der Waals surface area (Å²) in [6.45, 7) is 4.55. The third kappa shape index (κ3) is 2.97. The van der Waals surface area contributed by atoms with E-state index < -0.39 is 0 Å². The van der Waals surface area contributed by atoms with E-state index in [0.29, 0.717) is 18.0 Å². The maximum atomic E-state index is 6.05. The summed E-state index contributed by atoms with van der Waals surface area (Å²) in [7, 11) is 0. The van der Waals surface area contributed by atoms with E-state index in [0.717, 1.165) is 11.4 Å². The van der Waals surface area contributed by atoms with Crippen molar-refractivity contribution in [3.05, 3.63) is 42.4 Å². The van der Waals surface area contributed by atoms with Crippen LogP contribution < -0.4 is 15.8 Å². The fraction of sp³-hybridized carbons (Fsp3) is 0.286. The molecular weight excluding hydrogens is 228 g/mol. The minimum atomic E-state index is 0.104. The molecule has 0 atom stereocenters. The normalized spacial score (nSPS) is 10.6. The summed E-state index contributed by atoms with van der Waals surface area (Å²) in [5.41, 5.74) is 7.53. The van der Waals surface area contributed by atoms with Gasteiger partial charge in [-0.1, -0.05) is 6.07 Å². The first-order valence-electron chi connectivity index (χ1n) is 5.98. The molecule has 0 bridgehead atoms. The number of anilines is 2. The van der Waals surface area contributed by atoms with Crippen LogP contribution in [0.5, 0.6) is 5.75 Å². The highest BCUT2D eigenvalue weighted by Crippen LogP contribution is 2.30. The van der Waals surface area contributed by atoms with E-state index >= 15 is 0 Å². The molecule has 18 heavy (non-hydrogen) atoms. The standard InChI is InChI=1S/C14H18N2O2/c1-10(2)18-13-7-3-6-12(14(13)15)16-9-11-5-4-8-17-11/h3-8,10,16H,9,15H2,1-2H3. The Kier molecular flexibility index (Phi) is 3.77. The fourth-order valence-corrected chi connectivity index (χ4v) is 1.65. The molecule has 0 fully saturated rings. The summed E-state index contributed by atoms with van der Waals surface area (Å²) in [5.74, 6) is 1.57. The maximum Gasteiger partial charge on any atom is 0.144 e. The van der Waals surface area contributed by atoms with Gasteiger partial charge in [0.25, 0.3) is 0 Å². The average Bonchev–Trinajstić information content (AvgIpc) is 2.83. The Labute approximate surface area is 107 Å². The number of benzene rings is 1. The Balaban J connectivity index is 2.08. The van der Waals surface area contributed by atoms with Gasteiger partial charge in [-0.25, -0.2) is 0 Å². The van der Waals surface area contributed by atoms with Crippen molar-refractivity contribution in [3.8, 4) is 5.75 Å². The van der Waals surface area contributed by atoms with Crippen LogP contribution in [0.3, 0.4) is 0 Å². The van der Waals surface area contributed by atoms with E-state index in [1.165, 1.54) is 0 Å². The van der Waals surface area contributed by atoms with Crippen LogP contribution in [0, 0.1) is 0 Å². The van der Waals surface area contributed by atoms with Crippen LogP contribution in [-0.4, -0.2) is 6.10 Å². The van der Waals surface area contributed by atoms with Crippen molar-refractivity contribution in [1.82, 2.24) is 0 Å². The minimum Gasteiger partial charge on any atom is -0.489 e. The molecule has 0 spiro atoms. The first-order valence-corrected chi connectivity index (χ1v) is 5.98. The van der Waals surface area contributed by atoms with Gasteiger partial charge in [-0.2, -0.15) is 0 Å². The lowest BCUT2D eigenvalue weighted by atomic mass is 10.2. The molecule has 0 aliphatic heterocycles. The zero-order chi connectivity index (χ0) is 13.0. The van der Waals surface area contributed by atoms with Gasteiger partial charge >= 0.3 is 0 Å². The number of ether oxygens (including phenoxy) is 1. The lowest BCUT2D eigenvalue weighted by molar-refractivity contribution is 0.244. The summed E-state index contributed by atoms with van der Waals surface area (Å²) in [4.78, 5) is 0. The topological polar surface area (TPSA) is 60.4 Å². The van der Waals surface area contributed by atoms with E-state index in [1.807, 2.05) is 44.2 Å². The number of hydrogen-bond acceptors (Lipinski definition) is 4. The number of furan rings is 1. The van der Waals surface area contributed by atoms with Crippen molar-refractivity contribution >= 4 is 11.4 Å². The largest absolute Gasteiger partial charge is 0.489 e. The van der Waals surface area contributed by atoms with Crippen LogP contribution in [-0.2, 0) is 6.54 Å². The van der Waals surface area contributed by atoms with Gasteiger partial charge in [0.05, 0.1) is 30.3 Å². The molecule has 2 rings (SSSR count). The number of nitrogens with two attached hydrogens (primary N) is 1. The summed E-state index contributed by atoms with van der Waals surface area (Å²) < 4.78 is 10.9. The molecule has 1 aromatic heterocycles. The molecule has 0 radical (unpaired) electrons. The second kappa shape index (κ2) is 5.49. The molecule has 0 aliphatic rings. The summed E-state index contributed by atoms with van der Waals surface area (Å²) >= 11 is 0. The molecule has 0 amide bonds. The van der Waals surface area contributed by atoms with Crippen LogP contribution in [0.4, 0.5) is 11.4 Å². The highest BCUT2D eigenvalue weighted by Gasteiger charge is 2.07. The lowest BCUT2D eigenvalue weighted by Crippen LogP contribution is -2.09. The van der Waals surface area contributed by atoms with Gasteiger partial charge in [0.2, 0.25) is 0 Å². The van der Waals surface area contributed by atoms with Gasteiger partial charge < -0.3 is 20.2 Å². The Morgan fingerprint density at radius 2 is 2.11 bits per heavy atom. The minimum absolute atomic E-state index is 0.104. The SMILES string of the molecule is CC(C)Oc1cccc(NCc2ccco2)c1N. The molecular formula is C14H18N2O2. The van der Waals surface area contributed by atoms with Gasteiger partial charge in [-0.05, 0) is 38.1 Å². The number of hydrogen-bond donors (Lipinski definition) is 2. The summed E-state index contributed by atoms with van der Waals surface area (Å²) in [6, 6.07) is 9.48. The molecule has 0 saturated heterocycles. The van der Waals surface area contributed by atoms with Gasteiger partial charge in [0, 0.05) is 0 Å². The Morgan fingerprint density at radius 1 is 1.28 bits per heavy atom. The van der Waals surface area contributed by atoms with Crippen LogP contribution in [0.25, 0.3) is 0 Å². The first kappa shape index (κ1) is 12.4. The molecule has 1 aromatic carbocycles. The second-order valence-corrected chi connectivity index (χ2v) is 4.32. The van der Waals surface area contributed by atoms with Gasteiger partial charge in [-0.15, -0.1) is 0 Å². The summed E-state index contributed by atoms with van der Waals surface area (Å²) in [6.07, 6.45) is 1.76. The predicted molar refractivity (Wildman–Crippen MR) is 72.7 cm³/mol. The third-order valence-corrected chi connectivity index (χ3v) is 2.46. The number of nitrogen functional groups attached to an aromatic ring is 1. The zero-order valence-electron chi connectivity index (χ0n) is 10.6. The highest BCUT2D eigenvalue weighted by atomic mass is 16.5. The van der Waals surface area contributed by atoms with Crippen LogP contribution in [0.15, 0.2) is 41.0 Å².